The van der Waals surface area contributed by atoms with Gasteiger partial charge in [-0.25, -0.2) is 4.98 Å². The number of carbonyl (C=O) groups excluding carboxylic acids is 1. The molecule has 1 aromatic carbocycles. The maximum absolute atomic E-state index is 12.5. The first-order valence-electron chi connectivity index (χ1n) is 8.16. The highest BCUT2D eigenvalue weighted by Crippen LogP contribution is 2.23. The van der Waals surface area contributed by atoms with Gasteiger partial charge >= 0.3 is 0 Å². The van der Waals surface area contributed by atoms with Crippen LogP contribution in [-0.4, -0.2) is 21.2 Å². The molecule has 0 saturated carbocycles. The Balaban J connectivity index is 1.71. The second-order valence-electron chi connectivity index (χ2n) is 5.68. The average molecular weight is 408 g/mol. The molecule has 0 spiro atoms. The maximum atomic E-state index is 12.5. The molecule has 0 saturated heterocycles. The number of benzene rings is 1. The molecule has 0 aliphatic rings. The van der Waals surface area contributed by atoms with Gasteiger partial charge in [0.25, 0.3) is 5.56 Å². The summed E-state index contributed by atoms with van der Waals surface area (Å²) in [5.74, 6) is 0.0430. The van der Waals surface area contributed by atoms with Crippen molar-refractivity contribution in [1.82, 2.24) is 14.9 Å². The predicted octanol–water partition coefficient (Wildman–Crippen LogP) is 4.10. The van der Waals surface area contributed by atoms with Crippen molar-refractivity contribution in [2.45, 2.75) is 31.6 Å². The fourth-order valence-corrected chi connectivity index (χ4v) is 4.58. The molecular formula is C18H18ClN3O2S2. The maximum Gasteiger partial charge on any atom is 0.272 e. The lowest BCUT2D eigenvalue weighted by molar-refractivity contribution is -0.119. The largest absolute Gasteiger partial charge is 0.349 e. The van der Waals surface area contributed by atoms with Gasteiger partial charge in [-0.3, -0.25) is 14.2 Å². The molecule has 8 heteroatoms. The molecule has 0 aliphatic carbocycles. The van der Waals surface area contributed by atoms with Crippen LogP contribution in [0.3, 0.4) is 0 Å². The highest BCUT2D eigenvalue weighted by molar-refractivity contribution is 7.99. The summed E-state index contributed by atoms with van der Waals surface area (Å²) in [6, 6.07) is 9.06. The van der Waals surface area contributed by atoms with Crippen LogP contribution in [0.15, 0.2) is 45.7 Å². The number of halogens is 1. The van der Waals surface area contributed by atoms with E-state index in [9.17, 15) is 9.59 Å². The number of nitrogens with one attached hydrogen (secondary N) is 1. The molecule has 26 heavy (non-hydrogen) atoms. The van der Waals surface area contributed by atoms with Crippen LogP contribution in [0.4, 0.5) is 0 Å². The topological polar surface area (TPSA) is 64.0 Å². The number of fused-ring (bicyclic) bond motifs is 1. The van der Waals surface area contributed by atoms with Crippen molar-refractivity contribution in [3.05, 3.63) is 56.7 Å². The molecule has 2 aromatic heterocycles. The summed E-state index contributed by atoms with van der Waals surface area (Å²) in [5, 5.41) is 5.97. The lowest BCUT2D eigenvalue weighted by Gasteiger charge is -2.16. The number of nitrogens with zero attached hydrogens (tertiary/aromatic N) is 2. The lowest BCUT2D eigenvalue weighted by Crippen LogP contribution is -2.29. The van der Waals surface area contributed by atoms with E-state index in [-0.39, 0.29) is 23.3 Å². The first-order chi connectivity index (χ1) is 12.5. The van der Waals surface area contributed by atoms with Crippen LogP contribution in [-0.2, 0) is 11.3 Å². The smallest absolute Gasteiger partial charge is 0.272 e. The monoisotopic (exact) mass is 407 g/mol. The predicted molar refractivity (Wildman–Crippen MR) is 108 cm³/mol. The number of aromatic nitrogens is 2. The molecule has 0 bridgehead atoms. The van der Waals surface area contributed by atoms with Crippen molar-refractivity contribution in [2.75, 3.05) is 5.75 Å². The van der Waals surface area contributed by atoms with E-state index >= 15 is 0 Å². The van der Waals surface area contributed by atoms with Gasteiger partial charge in [-0.1, -0.05) is 41.6 Å². The minimum atomic E-state index is -0.197. The third-order valence-electron chi connectivity index (χ3n) is 3.93. The summed E-state index contributed by atoms with van der Waals surface area (Å²) in [4.78, 5) is 29.3. The Kier molecular flexibility index (Phi) is 6.01. The highest BCUT2D eigenvalue weighted by Gasteiger charge is 2.15. The third kappa shape index (κ3) is 3.95. The van der Waals surface area contributed by atoms with Gasteiger partial charge in [-0.15, -0.1) is 11.3 Å². The van der Waals surface area contributed by atoms with Crippen molar-refractivity contribution in [3.63, 3.8) is 0 Å². The van der Waals surface area contributed by atoms with Gasteiger partial charge in [0.05, 0.1) is 17.3 Å². The Hall–Kier alpha value is -1.83. The van der Waals surface area contributed by atoms with Gasteiger partial charge in [0.2, 0.25) is 5.91 Å². The van der Waals surface area contributed by atoms with Crippen LogP contribution < -0.4 is 10.9 Å². The van der Waals surface area contributed by atoms with Crippen molar-refractivity contribution in [2.24, 2.45) is 0 Å². The Labute approximate surface area is 164 Å². The van der Waals surface area contributed by atoms with E-state index in [1.165, 1.54) is 23.1 Å². The SMILES string of the molecule is CCn1c(SCC(=O)NC(C)c2ccccc2Cl)nc2ccsc2c1=O. The van der Waals surface area contributed by atoms with Gasteiger partial charge in [0.15, 0.2) is 5.16 Å². The van der Waals surface area contributed by atoms with E-state index in [4.69, 9.17) is 11.6 Å². The zero-order chi connectivity index (χ0) is 18.7. The van der Waals surface area contributed by atoms with Crippen LogP contribution in [0.25, 0.3) is 10.2 Å². The number of hydrogen-bond donors (Lipinski definition) is 1. The van der Waals surface area contributed by atoms with Crippen LogP contribution in [0.1, 0.15) is 25.5 Å². The van der Waals surface area contributed by atoms with Gasteiger partial charge in [0, 0.05) is 11.6 Å². The zero-order valence-electron chi connectivity index (χ0n) is 14.4. The second-order valence-corrected chi connectivity index (χ2v) is 7.94. The summed E-state index contributed by atoms with van der Waals surface area (Å²) in [7, 11) is 0. The number of amides is 1. The number of carbonyl (C=O) groups is 1. The van der Waals surface area contributed by atoms with Gasteiger partial charge in [-0.05, 0) is 36.9 Å². The Morgan fingerprint density at radius 3 is 2.88 bits per heavy atom. The Morgan fingerprint density at radius 1 is 1.38 bits per heavy atom. The van der Waals surface area contributed by atoms with Crippen LogP contribution in [0.5, 0.6) is 0 Å². The summed E-state index contributed by atoms with van der Waals surface area (Å²) >= 11 is 8.83. The van der Waals surface area contributed by atoms with Gasteiger partial charge in [0.1, 0.15) is 4.70 Å². The van der Waals surface area contributed by atoms with Gasteiger partial charge < -0.3 is 5.32 Å². The molecule has 5 nitrogen and oxygen atoms in total. The second kappa shape index (κ2) is 8.24. The first kappa shape index (κ1) is 18.9. The molecule has 1 atom stereocenters. The molecule has 136 valence electrons. The van der Waals surface area contributed by atoms with E-state index in [2.05, 4.69) is 10.3 Å². The lowest BCUT2D eigenvalue weighted by atomic mass is 10.1. The van der Waals surface area contributed by atoms with E-state index in [0.29, 0.717) is 26.9 Å². The van der Waals surface area contributed by atoms with Crippen LogP contribution in [0, 0.1) is 0 Å². The molecule has 2 heterocycles. The summed E-state index contributed by atoms with van der Waals surface area (Å²) < 4.78 is 2.25. The Morgan fingerprint density at radius 2 is 2.15 bits per heavy atom. The van der Waals surface area contributed by atoms with Crippen molar-refractivity contribution in [3.8, 4) is 0 Å². The Bertz CT molecular complexity index is 1000. The molecule has 3 rings (SSSR count). The number of rotatable bonds is 6. The molecule has 0 fully saturated rings. The number of hydrogen-bond acceptors (Lipinski definition) is 5. The fraction of sp³-hybridized carbons (Fsp3) is 0.278. The number of thioether (sulfide) groups is 1. The molecule has 1 unspecified atom stereocenters. The minimum Gasteiger partial charge on any atom is -0.349 e. The summed E-state index contributed by atoms with van der Waals surface area (Å²) in [6.07, 6.45) is 0. The quantitative estimate of drug-likeness (QED) is 0.493. The van der Waals surface area contributed by atoms with Crippen molar-refractivity contribution >= 4 is 50.8 Å². The fourth-order valence-electron chi connectivity index (χ4n) is 2.63. The van der Waals surface area contributed by atoms with Crippen LogP contribution in [0.2, 0.25) is 5.02 Å². The van der Waals surface area contributed by atoms with E-state index < -0.39 is 0 Å². The third-order valence-corrected chi connectivity index (χ3v) is 6.14. The first-order valence-corrected chi connectivity index (χ1v) is 10.4. The molecular weight excluding hydrogens is 390 g/mol. The normalized spacial score (nSPS) is 12.3. The molecule has 0 aliphatic heterocycles. The average Bonchev–Trinajstić information content (AvgIpc) is 3.09. The molecule has 1 amide bonds. The molecule has 1 N–H and O–H groups in total. The summed E-state index contributed by atoms with van der Waals surface area (Å²) in [6.45, 7) is 4.30. The standard InChI is InChI=1S/C18H18ClN3O2S2/c1-3-22-17(24)16-14(8-9-25-16)21-18(22)26-10-15(23)20-11(2)12-6-4-5-7-13(12)19/h4-9,11H,3,10H2,1-2H3,(H,20,23). The van der Waals surface area contributed by atoms with Crippen molar-refractivity contribution < 1.29 is 4.79 Å². The van der Waals surface area contributed by atoms with Crippen molar-refractivity contribution in [1.29, 1.82) is 0 Å². The molecule has 0 radical (unpaired) electrons. The zero-order valence-corrected chi connectivity index (χ0v) is 16.7. The number of thiophene rings is 1. The van der Waals surface area contributed by atoms with E-state index in [0.717, 1.165) is 5.56 Å². The van der Waals surface area contributed by atoms with Gasteiger partial charge in [-0.2, -0.15) is 0 Å². The minimum absolute atomic E-state index is 0.0557. The van der Waals surface area contributed by atoms with E-state index in [1.54, 1.807) is 10.6 Å². The van der Waals surface area contributed by atoms with Crippen LogP contribution >= 0.6 is 34.7 Å². The summed E-state index contributed by atoms with van der Waals surface area (Å²) in [5.41, 5.74) is 1.49. The molecule has 3 aromatic rings. The van der Waals surface area contributed by atoms with E-state index in [1.807, 2.05) is 43.5 Å². The highest BCUT2D eigenvalue weighted by atomic mass is 35.5.